The van der Waals surface area contributed by atoms with Crippen LogP contribution >= 0.6 is 0 Å². The number of aromatic nitrogens is 1. The van der Waals surface area contributed by atoms with Gasteiger partial charge in [0.05, 0.1) is 10.8 Å². The number of benzene rings is 1. The first-order valence-electron chi connectivity index (χ1n) is 7.05. The Bertz CT molecular complexity index is 743. The third kappa shape index (κ3) is 3.77. The van der Waals surface area contributed by atoms with Crippen molar-refractivity contribution in [3.8, 4) is 0 Å². The minimum absolute atomic E-state index is 0.476. The maximum absolute atomic E-state index is 12.1. The van der Waals surface area contributed by atoms with Gasteiger partial charge in [0.25, 0.3) is 0 Å². The molecule has 1 aliphatic heterocycles. The molecule has 4 N–H and O–H groups in total. The summed E-state index contributed by atoms with van der Waals surface area (Å²) in [4.78, 5) is 21.5. The summed E-state index contributed by atoms with van der Waals surface area (Å²) in [6, 6.07) is 8.24. The Kier molecular flexibility index (Phi) is 5.51. The highest BCUT2D eigenvalue weighted by Crippen LogP contribution is 2.36. The second-order valence-electron chi connectivity index (χ2n) is 5.12. The number of hydrogen-bond donors (Lipinski definition) is 4. The largest absolute Gasteiger partial charge is 0.473 e. The Morgan fingerprint density at radius 1 is 1.30 bits per heavy atom. The van der Waals surface area contributed by atoms with Crippen LogP contribution in [0.25, 0.3) is 10.9 Å². The molecular formula is C15H18N2O5S. The molecule has 8 heteroatoms. The molecule has 124 valence electrons. The molecule has 2 atom stereocenters. The summed E-state index contributed by atoms with van der Waals surface area (Å²) in [5, 5.41) is 20.2. The van der Waals surface area contributed by atoms with Crippen LogP contribution in [0.15, 0.2) is 29.3 Å². The molecule has 23 heavy (non-hydrogen) atoms. The van der Waals surface area contributed by atoms with E-state index in [1.807, 2.05) is 19.2 Å². The van der Waals surface area contributed by atoms with Gasteiger partial charge in [-0.15, -0.1) is 0 Å². The lowest BCUT2D eigenvalue weighted by Crippen LogP contribution is -2.23. The van der Waals surface area contributed by atoms with Crippen molar-refractivity contribution in [3.05, 3.63) is 29.8 Å². The lowest BCUT2D eigenvalue weighted by Gasteiger charge is -2.22. The quantitative estimate of drug-likeness (QED) is 0.610. The molecule has 0 radical (unpaired) electrons. The van der Waals surface area contributed by atoms with Crippen LogP contribution in [-0.2, 0) is 20.4 Å². The first-order valence-corrected chi connectivity index (χ1v) is 8.37. The highest BCUT2D eigenvalue weighted by Gasteiger charge is 2.28. The van der Waals surface area contributed by atoms with Gasteiger partial charge in [-0.1, -0.05) is 18.2 Å². The van der Waals surface area contributed by atoms with Crippen molar-refractivity contribution < 1.29 is 24.0 Å². The third-order valence-corrected chi connectivity index (χ3v) is 5.01. The molecule has 0 fully saturated rings. The van der Waals surface area contributed by atoms with Crippen molar-refractivity contribution in [2.45, 2.75) is 17.4 Å². The van der Waals surface area contributed by atoms with Gasteiger partial charge in [-0.25, -0.2) is 9.59 Å². The van der Waals surface area contributed by atoms with Crippen LogP contribution in [0.4, 0.5) is 0 Å². The molecule has 1 aromatic carbocycles. The Morgan fingerprint density at radius 2 is 1.96 bits per heavy atom. The number of hydrogen-bond acceptors (Lipinski definition) is 4. The van der Waals surface area contributed by atoms with Gasteiger partial charge >= 0.3 is 11.9 Å². The van der Waals surface area contributed by atoms with Gasteiger partial charge < -0.3 is 20.5 Å². The second kappa shape index (κ2) is 7.38. The topological polar surface area (TPSA) is 119 Å². The van der Waals surface area contributed by atoms with Gasteiger partial charge in [0.15, 0.2) is 0 Å². The van der Waals surface area contributed by atoms with Crippen LogP contribution in [0.3, 0.4) is 0 Å². The molecule has 0 spiro atoms. The number of carboxylic acid groups (broad SMARTS) is 2. The summed E-state index contributed by atoms with van der Waals surface area (Å²) in [6.07, 6.45) is 1.00. The number of H-pyrrole nitrogens is 1. The van der Waals surface area contributed by atoms with Crippen molar-refractivity contribution in [1.82, 2.24) is 10.3 Å². The summed E-state index contributed by atoms with van der Waals surface area (Å²) in [5.74, 6) is -2.40. The van der Waals surface area contributed by atoms with Gasteiger partial charge in [0, 0.05) is 29.1 Å². The van der Waals surface area contributed by atoms with E-state index >= 15 is 0 Å². The number of likely N-dealkylation sites (N-methyl/N-ethyl adjacent to an activating group) is 1. The average molecular weight is 338 g/mol. The number of carbonyl (C=O) groups is 2. The van der Waals surface area contributed by atoms with Crippen molar-refractivity contribution in [2.24, 2.45) is 0 Å². The number of rotatable bonds is 2. The van der Waals surface area contributed by atoms with Crippen molar-refractivity contribution in [1.29, 1.82) is 0 Å². The minimum Gasteiger partial charge on any atom is -0.473 e. The molecule has 1 aliphatic rings. The highest BCUT2D eigenvalue weighted by molar-refractivity contribution is 7.85. The summed E-state index contributed by atoms with van der Waals surface area (Å²) >= 11 is 0. The zero-order valence-electron chi connectivity index (χ0n) is 12.5. The van der Waals surface area contributed by atoms with E-state index in [-0.39, 0.29) is 0 Å². The SMILES string of the molecule is CNCC1CCS(=O)c2[nH]c3ccccc3c21.O=C(O)C(=O)O. The molecule has 7 nitrogen and oxygen atoms in total. The zero-order valence-corrected chi connectivity index (χ0v) is 13.4. The molecule has 0 bridgehead atoms. The predicted octanol–water partition coefficient (Wildman–Crippen LogP) is 1.14. The molecule has 1 aromatic heterocycles. The number of nitrogens with one attached hydrogen (secondary N) is 2. The predicted molar refractivity (Wildman–Crippen MR) is 86.1 cm³/mol. The van der Waals surface area contributed by atoms with E-state index in [1.54, 1.807) is 0 Å². The van der Waals surface area contributed by atoms with E-state index in [4.69, 9.17) is 19.8 Å². The number of para-hydroxylation sites is 1. The molecule has 0 saturated carbocycles. The van der Waals surface area contributed by atoms with E-state index in [2.05, 4.69) is 22.4 Å². The van der Waals surface area contributed by atoms with Crippen LogP contribution in [-0.4, -0.2) is 50.7 Å². The number of aromatic amines is 1. The second-order valence-corrected chi connectivity index (χ2v) is 6.62. The first kappa shape index (κ1) is 17.2. The molecular weight excluding hydrogens is 320 g/mol. The number of aliphatic carboxylic acids is 2. The molecule has 0 saturated heterocycles. The summed E-state index contributed by atoms with van der Waals surface area (Å²) in [7, 11) is 1.12. The zero-order chi connectivity index (χ0) is 17.0. The van der Waals surface area contributed by atoms with E-state index in [9.17, 15) is 4.21 Å². The minimum atomic E-state index is -1.82. The third-order valence-electron chi connectivity index (χ3n) is 3.63. The molecule has 3 rings (SSSR count). The van der Waals surface area contributed by atoms with E-state index < -0.39 is 22.7 Å². The molecule has 2 heterocycles. The lowest BCUT2D eigenvalue weighted by atomic mass is 9.95. The molecule has 2 aromatic rings. The van der Waals surface area contributed by atoms with Gasteiger partial charge in [-0.2, -0.15) is 0 Å². The number of carboxylic acids is 2. The van der Waals surface area contributed by atoms with Gasteiger partial charge in [0.2, 0.25) is 0 Å². The number of fused-ring (bicyclic) bond motifs is 3. The van der Waals surface area contributed by atoms with Crippen LogP contribution in [0.2, 0.25) is 0 Å². The van der Waals surface area contributed by atoms with Crippen molar-refractivity contribution >= 4 is 33.6 Å². The smallest absolute Gasteiger partial charge is 0.414 e. The van der Waals surface area contributed by atoms with Gasteiger partial charge in [0.1, 0.15) is 5.03 Å². The van der Waals surface area contributed by atoms with Gasteiger partial charge in [-0.3, -0.25) is 4.21 Å². The monoisotopic (exact) mass is 338 g/mol. The summed E-state index contributed by atoms with van der Waals surface area (Å²) in [6.45, 7) is 0.950. The molecule has 0 aliphatic carbocycles. The van der Waals surface area contributed by atoms with Crippen molar-refractivity contribution in [2.75, 3.05) is 19.3 Å². The van der Waals surface area contributed by atoms with Crippen LogP contribution in [0, 0.1) is 0 Å². The van der Waals surface area contributed by atoms with E-state index in [0.29, 0.717) is 5.92 Å². The van der Waals surface area contributed by atoms with Crippen LogP contribution in [0.5, 0.6) is 0 Å². The Labute approximate surface area is 135 Å². The van der Waals surface area contributed by atoms with Crippen LogP contribution in [0.1, 0.15) is 17.9 Å². The lowest BCUT2D eigenvalue weighted by molar-refractivity contribution is -0.159. The maximum Gasteiger partial charge on any atom is 0.414 e. The standard InChI is InChI=1S/C13H16N2OS.C2H2O4/c1-14-8-9-6-7-17(16)13-12(9)10-4-2-3-5-11(10)15-13;3-1(4)2(5)6/h2-5,9,14-15H,6-8H2,1H3;(H,3,4)(H,5,6). The fourth-order valence-corrected chi connectivity index (χ4v) is 4.12. The Balaban J connectivity index is 0.000000277. The Hall–Kier alpha value is -2.19. The van der Waals surface area contributed by atoms with E-state index in [1.165, 1.54) is 10.9 Å². The summed E-state index contributed by atoms with van der Waals surface area (Å²) in [5.41, 5.74) is 2.37. The summed E-state index contributed by atoms with van der Waals surface area (Å²) < 4.78 is 12.1. The van der Waals surface area contributed by atoms with Crippen molar-refractivity contribution in [3.63, 3.8) is 0 Å². The average Bonchev–Trinajstić information content (AvgIpc) is 2.91. The maximum atomic E-state index is 12.1. The fraction of sp³-hybridized carbons (Fsp3) is 0.333. The molecule has 0 amide bonds. The molecule has 2 unspecified atom stereocenters. The van der Waals surface area contributed by atoms with Crippen LogP contribution < -0.4 is 5.32 Å². The fourth-order valence-electron chi connectivity index (χ4n) is 2.67. The normalized spacial score (nSPS) is 19.5. The highest BCUT2D eigenvalue weighted by atomic mass is 32.2. The first-order chi connectivity index (χ1) is 11.0. The Morgan fingerprint density at radius 3 is 2.57 bits per heavy atom. The van der Waals surface area contributed by atoms with Gasteiger partial charge in [-0.05, 0) is 25.1 Å². The van der Waals surface area contributed by atoms with E-state index in [0.717, 1.165) is 29.3 Å².